The molecular weight excluding hydrogens is 332 g/mol. The molecule has 7 heteroatoms. The summed E-state index contributed by atoms with van der Waals surface area (Å²) in [6, 6.07) is 16.1. The van der Waals surface area contributed by atoms with Crippen LogP contribution in [0.15, 0.2) is 60.9 Å². The maximum absolute atomic E-state index is 12.4. The number of aromatic nitrogens is 2. The Hall–Kier alpha value is -3.61. The highest BCUT2D eigenvalue weighted by Gasteiger charge is 2.11. The minimum Gasteiger partial charge on any atom is -0.497 e. The number of anilines is 3. The Labute approximate surface area is 151 Å². The second-order valence-corrected chi connectivity index (χ2v) is 5.30. The zero-order chi connectivity index (χ0) is 18.4. The molecule has 0 unspecified atom stereocenters. The van der Waals surface area contributed by atoms with E-state index < -0.39 is 0 Å². The van der Waals surface area contributed by atoms with Gasteiger partial charge < -0.3 is 20.1 Å². The Balaban J connectivity index is 1.77. The van der Waals surface area contributed by atoms with Crippen LogP contribution in [-0.4, -0.2) is 30.1 Å². The predicted molar refractivity (Wildman–Crippen MR) is 99.3 cm³/mol. The first-order chi connectivity index (χ1) is 12.7. The van der Waals surface area contributed by atoms with Crippen molar-refractivity contribution >= 4 is 23.1 Å². The van der Waals surface area contributed by atoms with E-state index in [9.17, 15) is 4.79 Å². The Morgan fingerprint density at radius 3 is 2.62 bits per heavy atom. The number of rotatable bonds is 6. The van der Waals surface area contributed by atoms with E-state index in [0.29, 0.717) is 23.0 Å². The van der Waals surface area contributed by atoms with Crippen molar-refractivity contribution in [2.45, 2.75) is 0 Å². The van der Waals surface area contributed by atoms with E-state index in [4.69, 9.17) is 9.47 Å². The molecule has 3 rings (SSSR count). The average Bonchev–Trinajstić information content (AvgIpc) is 2.69. The fourth-order valence-corrected chi connectivity index (χ4v) is 2.33. The summed E-state index contributed by atoms with van der Waals surface area (Å²) in [5, 5.41) is 5.91. The lowest BCUT2D eigenvalue weighted by molar-refractivity contribution is 0.102. The first-order valence-electron chi connectivity index (χ1n) is 7.87. The van der Waals surface area contributed by atoms with Crippen molar-refractivity contribution in [1.29, 1.82) is 0 Å². The van der Waals surface area contributed by atoms with E-state index in [-0.39, 0.29) is 11.6 Å². The molecule has 0 bridgehead atoms. The number of methoxy groups -OCH3 is 2. The lowest BCUT2D eigenvalue weighted by Crippen LogP contribution is -2.14. The molecule has 1 amide bonds. The minimum absolute atomic E-state index is 0.236. The second-order valence-electron chi connectivity index (χ2n) is 5.30. The van der Waals surface area contributed by atoms with E-state index in [0.717, 1.165) is 5.69 Å². The van der Waals surface area contributed by atoms with Crippen molar-refractivity contribution in [1.82, 2.24) is 9.97 Å². The number of hydrogen-bond donors (Lipinski definition) is 2. The number of nitrogens with zero attached hydrogens (tertiary/aromatic N) is 2. The molecule has 7 nitrogen and oxygen atoms in total. The molecule has 1 heterocycles. The topological polar surface area (TPSA) is 85.4 Å². The smallest absolute Gasteiger partial charge is 0.274 e. The number of para-hydroxylation sites is 2. The monoisotopic (exact) mass is 350 g/mol. The molecule has 2 aromatic carbocycles. The molecule has 1 aromatic heterocycles. The summed E-state index contributed by atoms with van der Waals surface area (Å²) in [5.41, 5.74) is 1.60. The van der Waals surface area contributed by atoms with Gasteiger partial charge in [-0.05, 0) is 24.3 Å². The average molecular weight is 350 g/mol. The lowest BCUT2D eigenvalue weighted by atomic mass is 10.2. The van der Waals surface area contributed by atoms with Gasteiger partial charge in [0.25, 0.3) is 5.91 Å². The number of benzene rings is 2. The summed E-state index contributed by atoms with van der Waals surface area (Å²) in [7, 11) is 3.16. The summed E-state index contributed by atoms with van der Waals surface area (Å²) < 4.78 is 10.4. The Morgan fingerprint density at radius 1 is 0.962 bits per heavy atom. The van der Waals surface area contributed by atoms with Crippen molar-refractivity contribution in [3.05, 3.63) is 66.6 Å². The molecule has 0 radical (unpaired) electrons. The third kappa shape index (κ3) is 4.07. The number of carbonyl (C=O) groups is 1. The number of ether oxygens (including phenoxy) is 2. The Morgan fingerprint density at radius 2 is 1.81 bits per heavy atom. The van der Waals surface area contributed by atoms with Gasteiger partial charge in [-0.2, -0.15) is 0 Å². The Bertz CT molecular complexity index is 915. The van der Waals surface area contributed by atoms with Gasteiger partial charge in [-0.15, -0.1) is 0 Å². The molecule has 0 aliphatic rings. The fraction of sp³-hybridized carbons (Fsp3) is 0.105. The third-order valence-electron chi connectivity index (χ3n) is 3.60. The van der Waals surface area contributed by atoms with Crippen LogP contribution in [0.4, 0.5) is 17.2 Å². The van der Waals surface area contributed by atoms with Gasteiger partial charge >= 0.3 is 0 Å². The van der Waals surface area contributed by atoms with Gasteiger partial charge in [-0.25, -0.2) is 9.97 Å². The maximum atomic E-state index is 12.4. The van der Waals surface area contributed by atoms with Gasteiger partial charge in [0.05, 0.1) is 19.9 Å². The first kappa shape index (κ1) is 17.2. The number of amides is 1. The van der Waals surface area contributed by atoms with Crippen molar-refractivity contribution in [3.63, 3.8) is 0 Å². The number of nitrogens with one attached hydrogen (secondary N) is 2. The number of hydrogen-bond acceptors (Lipinski definition) is 6. The summed E-state index contributed by atoms with van der Waals surface area (Å²) >= 11 is 0. The van der Waals surface area contributed by atoms with Crippen molar-refractivity contribution < 1.29 is 14.3 Å². The molecular formula is C19H18N4O3. The van der Waals surface area contributed by atoms with Gasteiger partial charge in [-0.3, -0.25) is 4.79 Å². The largest absolute Gasteiger partial charge is 0.497 e. The molecule has 26 heavy (non-hydrogen) atoms. The molecule has 0 saturated heterocycles. The molecule has 0 aliphatic heterocycles. The summed E-state index contributed by atoms with van der Waals surface area (Å²) in [6.45, 7) is 0. The molecule has 0 atom stereocenters. The zero-order valence-corrected chi connectivity index (χ0v) is 14.4. The van der Waals surface area contributed by atoms with E-state index >= 15 is 0 Å². The van der Waals surface area contributed by atoms with Gasteiger partial charge in [0.2, 0.25) is 0 Å². The van der Waals surface area contributed by atoms with Crippen LogP contribution in [0.3, 0.4) is 0 Å². The summed E-state index contributed by atoms with van der Waals surface area (Å²) in [6.07, 6.45) is 1.33. The summed E-state index contributed by atoms with van der Waals surface area (Å²) in [5.74, 6) is 1.47. The van der Waals surface area contributed by atoms with E-state index in [1.54, 1.807) is 44.6 Å². The molecule has 0 saturated carbocycles. The fourth-order valence-electron chi connectivity index (χ4n) is 2.33. The molecule has 0 spiro atoms. The predicted octanol–water partition coefficient (Wildman–Crippen LogP) is 3.49. The van der Waals surface area contributed by atoms with Crippen LogP contribution in [0.1, 0.15) is 10.5 Å². The van der Waals surface area contributed by atoms with Crippen LogP contribution in [0.25, 0.3) is 0 Å². The van der Waals surface area contributed by atoms with Crippen molar-refractivity contribution in [3.8, 4) is 11.5 Å². The van der Waals surface area contributed by atoms with Crippen LogP contribution in [0, 0.1) is 0 Å². The van der Waals surface area contributed by atoms with Crippen LogP contribution in [-0.2, 0) is 0 Å². The van der Waals surface area contributed by atoms with E-state index in [2.05, 4.69) is 20.6 Å². The lowest BCUT2D eigenvalue weighted by Gasteiger charge is -2.11. The highest BCUT2D eigenvalue weighted by Crippen LogP contribution is 2.26. The van der Waals surface area contributed by atoms with Gasteiger partial charge in [0.1, 0.15) is 29.3 Å². The zero-order valence-electron chi connectivity index (χ0n) is 14.4. The molecule has 2 N–H and O–H groups in total. The van der Waals surface area contributed by atoms with Crippen LogP contribution in [0.5, 0.6) is 11.5 Å². The summed E-state index contributed by atoms with van der Waals surface area (Å²) in [4.78, 5) is 20.6. The van der Waals surface area contributed by atoms with Gasteiger partial charge in [0.15, 0.2) is 0 Å². The normalized spacial score (nSPS) is 10.1. The molecule has 132 valence electrons. The van der Waals surface area contributed by atoms with Gasteiger partial charge in [0, 0.05) is 17.8 Å². The van der Waals surface area contributed by atoms with Crippen LogP contribution in [0.2, 0.25) is 0 Å². The van der Waals surface area contributed by atoms with Crippen molar-refractivity contribution in [2.24, 2.45) is 0 Å². The quantitative estimate of drug-likeness (QED) is 0.708. The third-order valence-corrected chi connectivity index (χ3v) is 3.60. The van der Waals surface area contributed by atoms with E-state index in [1.165, 1.54) is 6.33 Å². The molecule has 3 aromatic rings. The molecule has 0 fully saturated rings. The highest BCUT2D eigenvalue weighted by atomic mass is 16.5. The second kappa shape index (κ2) is 7.98. The van der Waals surface area contributed by atoms with Crippen LogP contribution < -0.4 is 20.1 Å². The first-order valence-corrected chi connectivity index (χ1v) is 7.87. The Kier molecular flexibility index (Phi) is 5.28. The van der Waals surface area contributed by atoms with Gasteiger partial charge in [-0.1, -0.05) is 18.2 Å². The maximum Gasteiger partial charge on any atom is 0.274 e. The minimum atomic E-state index is -0.344. The van der Waals surface area contributed by atoms with Crippen molar-refractivity contribution in [2.75, 3.05) is 24.9 Å². The number of carbonyl (C=O) groups excluding carboxylic acids is 1. The highest BCUT2D eigenvalue weighted by molar-refractivity contribution is 6.03. The van der Waals surface area contributed by atoms with Crippen LogP contribution >= 0.6 is 0 Å². The molecule has 0 aliphatic carbocycles. The standard InChI is InChI=1S/C19H18N4O3/c1-25-14-7-5-6-13(10-14)22-19(24)16-11-18(21-12-20-16)23-15-8-3-4-9-17(15)26-2/h3-12H,1-2H3,(H,22,24)(H,20,21,23). The van der Waals surface area contributed by atoms with E-state index in [1.807, 2.05) is 24.3 Å². The SMILES string of the molecule is COc1cccc(NC(=O)c2cc(Nc3ccccc3OC)ncn2)c1.